The van der Waals surface area contributed by atoms with E-state index in [4.69, 9.17) is 23.2 Å². The molecule has 2 aromatic carbocycles. The summed E-state index contributed by atoms with van der Waals surface area (Å²) in [6, 6.07) is 14.2. The zero-order chi connectivity index (χ0) is 13.8. The van der Waals surface area contributed by atoms with Crippen molar-refractivity contribution in [2.24, 2.45) is 0 Å². The van der Waals surface area contributed by atoms with Crippen LogP contribution in [0.4, 0.5) is 0 Å². The molecule has 4 heteroatoms. The predicted octanol–water partition coefficient (Wildman–Crippen LogP) is 5.43. The van der Waals surface area contributed by atoms with E-state index in [-0.39, 0.29) is 6.04 Å². The Bertz CT molecular complexity index is 555. The molecule has 0 fully saturated rings. The number of halogens is 2. The van der Waals surface area contributed by atoms with E-state index in [0.29, 0.717) is 0 Å². The second-order valence-corrected chi connectivity index (χ2v) is 6.24. The van der Waals surface area contributed by atoms with E-state index < -0.39 is 0 Å². The topological polar surface area (TPSA) is 12.0 Å². The Morgan fingerprint density at radius 3 is 2.21 bits per heavy atom. The van der Waals surface area contributed by atoms with Gasteiger partial charge in [0.05, 0.1) is 0 Å². The molecule has 1 nitrogen and oxygen atoms in total. The van der Waals surface area contributed by atoms with Crippen LogP contribution in [0, 0.1) is 0 Å². The number of hydrogen-bond donors (Lipinski definition) is 1. The Morgan fingerprint density at radius 1 is 1.00 bits per heavy atom. The normalized spacial score (nSPS) is 12.4. The van der Waals surface area contributed by atoms with Gasteiger partial charge in [0.25, 0.3) is 0 Å². The fourth-order valence-corrected chi connectivity index (χ4v) is 3.11. The van der Waals surface area contributed by atoms with Gasteiger partial charge in [-0.25, -0.2) is 0 Å². The first kappa shape index (κ1) is 14.7. The molecule has 0 aliphatic rings. The Morgan fingerprint density at radius 2 is 1.63 bits per heavy atom. The molecule has 0 saturated carbocycles. The molecule has 0 aliphatic heterocycles. The summed E-state index contributed by atoms with van der Waals surface area (Å²) in [5.41, 5.74) is 1.12. The Kier molecular flexibility index (Phi) is 5.17. The van der Waals surface area contributed by atoms with Crippen molar-refractivity contribution in [1.29, 1.82) is 0 Å². The average Bonchev–Trinajstić information content (AvgIpc) is 2.41. The van der Waals surface area contributed by atoms with E-state index in [1.165, 1.54) is 0 Å². The van der Waals surface area contributed by atoms with Gasteiger partial charge in [0, 0.05) is 25.9 Å². The molecule has 1 unspecified atom stereocenters. The van der Waals surface area contributed by atoms with Gasteiger partial charge in [-0.2, -0.15) is 0 Å². The first-order valence-corrected chi connectivity index (χ1v) is 7.57. The zero-order valence-corrected chi connectivity index (χ0v) is 13.1. The average molecular weight is 312 g/mol. The summed E-state index contributed by atoms with van der Waals surface area (Å²) >= 11 is 13.9. The van der Waals surface area contributed by atoms with Gasteiger partial charge >= 0.3 is 0 Å². The second kappa shape index (κ2) is 6.67. The lowest BCUT2D eigenvalue weighted by molar-refractivity contribution is 0.652. The van der Waals surface area contributed by atoms with Gasteiger partial charge in [-0.1, -0.05) is 41.0 Å². The molecule has 2 aromatic rings. The maximum atomic E-state index is 6.32. The molecule has 19 heavy (non-hydrogen) atoms. The van der Waals surface area contributed by atoms with Gasteiger partial charge in [0.15, 0.2) is 0 Å². The van der Waals surface area contributed by atoms with E-state index in [1.807, 2.05) is 37.4 Å². The maximum absolute atomic E-state index is 6.32. The van der Waals surface area contributed by atoms with E-state index in [9.17, 15) is 0 Å². The highest BCUT2D eigenvalue weighted by Gasteiger charge is 2.08. The lowest BCUT2D eigenvalue weighted by Crippen LogP contribution is -2.12. The lowest BCUT2D eigenvalue weighted by atomic mass is 10.1. The number of nitrogens with one attached hydrogen (secondary N) is 1. The Hall–Kier alpha value is -0.670. The molecule has 1 N–H and O–H groups in total. The summed E-state index contributed by atoms with van der Waals surface area (Å²) in [4.78, 5) is 2.27. The van der Waals surface area contributed by atoms with Crippen LogP contribution >= 0.6 is 35.0 Å². The minimum atomic E-state index is 0.252. The van der Waals surface area contributed by atoms with Crippen LogP contribution in [0.1, 0.15) is 18.5 Å². The number of rotatable bonds is 4. The third-order valence-electron chi connectivity index (χ3n) is 2.92. The van der Waals surface area contributed by atoms with Gasteiger partial charge < -0.3 is 5.32 Å². The minimum Gasteiger partial charge on any atom is -0.313 e. The summed E-state index contributed by atoms with van der Waals surface area (Å²) < 4.78 is 0. The van der Waals surface area contributed by atoms with Gasteiger partial charge in [-0.3, -0.25) is 0 Å². The van der Waals surface area contributed by atoms with Crippen molar-refractivity contribution in [3.8, 4) is 0 Å². The smallest absolute Gasteiger partial charge is 0.0464 e. The molecular weight excluding hydrogens is 297 g/mol. The Balaban J connectivity index is 2.18. The largest absolute Gasteiger partial charge is 0.313 e. The van der Waals surface area contributed by atoms with E-state index in [2.05, 4.69) is 24.4 Å². The highest BCUT2D eigenvalue weighted by atomic mass is 35.5. The molecule has 2 rings (SSSR count). The van der Waals surface area contributed by atoms with Crippen molar-refractivity contribution in [3.63, 3.8) is 0 Å². The first-order valence-electron chi connectivity index (χ1n) is 6.00. The molecule has 0 aliphatic carbocycles. The van der Waals surface area contributed by atoms with Gasteiger partial charge in [-0.05, 0) is 55.9 Å². The molecule has 1 atom stereocenters. The van der Waals surface area contributed by atoms with Crippen LogP contribution in [0.3, 0.4) is 0 Å². The van der Waals surface area contributed by atoms with Crippen LogP contribution in [-0.2, 0) is 0 Å². The highest BCUT2D eigenvalue weighted by molar-refractivity contribution is 7.99. The van der Waals surface area contributed by atoms with Gasteiger partial charge in [0.2, 0.25) is 0 Å². The summed E-state index contributed by atoms with van der Waals surface area (Å²) in [5, 5.41) is 4.73. The molecule has 0 amide bonds. The van der Waals surface area contributed by atoms with Gasteiger partial charge in [0.1, 0.15) is 0 Å². The summed E-state index contributed by atoms with van der Waals surface area (Å²) in [5.74, 6) is 0. The summed E-state index contributed by atoms with van der Waals surface area (Å²) in [7, 11) is 1.93. The van der Waals surface area contributed by atoms with Gasteiger partial charge in [-0.15, -0.1) is 0 Å². The van der Waals surface area contributed by atoms with Crippen molar-refractivity contribution in [3.05, 3.63) is 58.1 Å². The first-order chi connectivity index (χ1) is 9.10. The molecule has 0 bridgehead atoms. The van der Waals surface area contributed by atoms with E-state index >= 15 is 0 Å². The quantitative estimate of drug-likeness (QED) is 0.808. The SMILES string of the molecule is CNC(C)c1ccc(Sc2ccc(Cl)cc2)cc1Cl. The van der Waals surface area contributed by atoms with Crippen LogP contribution < -0.4 is 5.32 Å². The van der Waals surface area contributed by atoms with Crippen LogP contribution in [0.25, 0.3) is 0 Å². The summed E-state index contributed by atoms with van der Waals surface area (Å²) in [6.07, 6.45) is 0. The predicted molar refractivity (Wildman–Crippen MR) is 84.5 cm³/mol. The molecular formula is C15H15Cl2NS. The maximum Gasteiger partial charge on any atom is 0.0464 e. The van der Waals surface area contributed by atoms with Crippen molar-refractivity contribution in [2.75, 3.05) is 7.05 Å². The molecule has 100 valence electrons. The third-order valence-corrected chi connectivity index (χ3v) is 4.50. The second-order valence-electron chi connectivity index (χ2n) is 4.25. The van der Waals surface area contributed by atoms with Crippen LogP contribution in [-0.4, -0.2) is 7.05 Å². The molecule has 0 saturated heterocycles. The van der Waals surface area contributed by atoms with Crippen LogP contribution in [0.15, 0.2) is 52.3 Å². The van der Waals surface area contributed by atoms with E-state index in [1.54, 1.807) is 11.8 Å². The zero-order valence-electron chi connectivity index (χ0n) is 10.8. The lowest BCUT2D eigenvalue weighted by Gasteiger charge is -2.13. The van der Waals surface area contributed by atoms with E-state index in [0.717, 1.165) is 25.4 Å². The molecule has 0 radical (unpaired) electrons. The highest BCUT2D eigenvalue weighted by Crippen LogP contribution is 2.33. The van der Waals surface area contributed by atoms with Crippen molar-refractivity contribution >= 4 is 35.0 Å². The minimum absolute atomic E-state index is 0.252. The standard InChI is InChI=1S/C15H15Cl2NS/c1-10(18-2)14-8-7-13(9-15(14)17)19-12-5-3-11(16)4-6-12/h3-10,18H,1-2H3. The van der Waals surface area contributed by atoms with Crippen molar-refractivity contribution in [2.45, 2.75) is 22.8 Å². The monoisotopic (exact) mass is 311 g/mol. The fraction of sp³-hybridized carbons (Fsp3) is 0.200. The third kappa shape index (κ3) is 3.90. The van der Waals surface area contributed by atoms with Crippen molar-refractivity contribution in [1.82, 2.24) is 5.32 Å². The summed E-state index contributed by atoms with van der Waals surface area (Å²) in [6.45, 7) is 2.09. The van der Waals surface area contributed by atoms with Crippen LogP contribution in [0.2, 0.25) is 10.0 Å². The Labute approximate surface area is 128 Å². The van der Waals surface area contributed by atoms with Crippen LogP contribution in [0.5, 0.6) is 0 Å². The fourth-order valence-electron chi connectivity index (χ4n) is 1.72. The number of benzene rings is 2. The molecule has 0 spiro atoms. The molecule has 0 heterocycles. The number of hydrogen-bond acceptors (Lipinski definition) is 2. The molecule has 0 aromatic heterocycles. The van der Waals surface area contributed by atoms with Crippen molar-refractivity contribution < 1.29 is 0 Å².